The Hall–Kier alpha value is -2.53. The van der Waals surface area contributed by atoms with Crippen molar-refractivity contribution >= 4 is 27.6 Å². The van der Waals surface area contributed by atoms with Gasteiger partial charge >= 0.3 is 6.03 Å². The summed E-state index contributed by atoms with van der Waals surface area (Å²) < 4.78 is 38.2. The molecule has 0 aromatic heterocycles. The Labute approximate surface area is 203 Å². The minimum Gasteiger partial charge on any atom is -0.491 e. The van der Waals surface area contributed by atoms with E-state index in [1.807, 2.05) is 27.7 Å². The number of anilines is 1. The normalized spacial score (nSPS) is 22.4. The van der Waals surface area contributed by atoms with Gasteiger partial charge in [0, 0.05) is 45.3 Å². The number of nitrogens with one attached hydrogen (secondary N) is 2. The van der Waals surface area contributed by atoms with Gasteiger partial charge in [0.25, 0.3) is 5.91 Å². The molecule has 2 rings (SSSR count). The molecule has 1 aliphatic heterocycles. The monoisotopic (exact) mass is 498 g/mol. The molecule has 2 N–H and O–H groups in total. The molecule has 3 atom stereocenters. The number of urea groups is 1. The highest BCUT2D eigenvalue weighted by Crippen LogP contribution is 2.27. The van der Waals surface area contributed by atoms with E-state index in [1.54, 1.807) is 30.0 Å². The molecule has 1 aromatic carbocycles. The van der Waals surface area contributed by atoms with E-state index in [0.29, 0.717) is 24.3 Å². The summed E-state index contributed by atoms with van der Waals surface area (Å²) in [6.45, 7) is 10.0. The third kappa shape index (κ3) is 7.23. The molecule has 3 amide bonds. The molecule has 11 heteroatoms. The molecule has 0 spiro atoms. The SMILES string of the molecule is CCS(=O)(=O)Nc1ccc2c(c1)OC[C@@H](C)N(C(=O)NC(C)C)C[C@@H](C)[C@H](OC)CN(C)C2=O. The lowest BCUT2D eigenvalue weighted by Gasteiger charge is -2.36. The summed E-state index contributed by atoms with van der Waals surface area (Å²) in [7, 11) is -0.231. The van der Waals surface area contributed by atoms with Crippen molar-refractivity contribution in [1.29, 1.82) is 0 Å². The molecular weight excluding hydrogens is 460 g/mol. The second kappa shape index (κ2) is 11.7. The topological polar surface area (TPSA) is 117 Å². The summed E-state index contributed by atoms with van der Waals surface area (Å²) in [6.07, 6.45) is -0.296. The van der Waals surface area contributed by atoms with E-state index in [0.717, 1.165) is 0 Å². The van der Waals surface area contributed by atoms with Gasteiger partial charge in [0.1, 0.15) is 12.4 Å². The van der Waals surface area contributed by atoms with Crippen molar-refractivity contribution in [3.05, 3.63) is 23.8 Å². The molecule has 0 aliphatic carbocycles. The number of fused-ring (bicyclic) bond motifs is 1. The largest absolute Gasteiger partial charge is 0.491 e. The van der Waals surface area contributed by atoms with Gasteiger partial charge in [-0.15, -0.1) is 0 Å². The van der Waals surface area contributed by atoms with Crippen molar-refractivity contribution in [3.8, 4) is 5.75 Å². The molecule has 10 nitrogen and oxygen atoms in total. The van der Waals surface area contributed by atoms with E-state index in [1.165, 1.54) is 19.1 Å². The Balaban J connectivity index is 2.47. The predicted molar refractivity (Wildman–Crippen MR) is 132 cm³/mol. The fourth-order valence-electron chi connectivity index (χ4n) is 3.70. The molecule has 34 heavy (non-hydrogen) atoms. The molecule has 0 unspecified atom stereocenters. The minimum absolute atomic E-state index is 0.0332. The minimum atomic E-state index is -3.50. The summed E-state index contributed by atoms with van der Waals surface area (Å²) in [5.74, 6) is -0.158. The number of rotatable bonds is 5. The van der Waals surface area contributed by atoms with Crippen LogP contribution in [0.3, 0.4) is 0 Å². The lowest BCUT2D eigenvalue weighted by Crippen LogP contribution is -2.52. The fourth-order valence-corrected chi connectivity index (χ4v) is 4.33. The first-order valence-electron chi connectivity index (χ1n) is 11.5. The Morgan fingerprint density at radius 2 is 1.94 bits per heavy atom. The number of ether oxygens (including phenoxy) is 2. The van der Waals surface area contributed by atoms with Gasteiger partial charge in [0.05, 0.1) is 29.1 Å². The average Bonchev–Trinajstić information content (AvgIpc) is 2.77. The highest BCUT2D eigenvalue weighted by molar-refractivity contribution is 7.92. The zero-order valence-electron chi connectivity index (χ0n) is 21.1. The number of hydrogen-bond acceptors (Lipinski definition) is 6. The summed E-state index contributed by atoms with van der Waals surface area (Å²) in [4.78, 5) is 29.4. The summed E-state index contributed by atoms with van der Waals surface area (Å²) >= 11 is 0. The number of carbonyl (C=O) groups is 2. The smallest absolute Gasteiger partial charge is 0.317 e. The van der Waals surface area contributed by atoms with Crippen molar-refractivity contribution < 1.29 is 27.5 Å². The molecule has 1 aromatic rings. The lowest BCUT2D eigenvalue weighted by molar-refractivity contribution is 0.0165. The van der Waals surface area contributed by atoms with Crippen LogP contribution in [-0.4, -0.2) is 88.0 Å². The van der Waals surface area contributed by atoms with Crippen LogP contribution >= 0.6 is 0 Å². The molecule has 0 radical (unpaired) electrons. The van der Waals surface area contributed by atoms with Crippen LogP contribution in [-0.2, 0) is 14.8 Å². The molecule has 0 bridgehead atoms. The van der Waals surface area contributed by atoms with Crippen LogP contribution in [0.4, 0.5) is 10.5 Å². The first-order chi connectivity index (χ1) is 15.9. The number of benzene rings is 1. The molecule has 0 saturated heterocycles. The van der Waals surface area contributed by atoms with Gasteiger partial charge in [0.15, 0.2) is 0 Å². The number of hydrogen-bond donors (Lipinski definition) is 2. The van der Waals surface area contributed by atoms with Crippen molar-refractivity contribution in [2.45, 2.75) is 52.8 Å². The van der Waals surface area contributed by atoms with Gasteiger partial charge in [0.2, 0.25) is 10.0 Å². The average molecular weight is 499 g/mol. The second-order valence-corrected chi connectivity index (χ2v) is 11.1. The van der Waals surface area contributed by atoms with Crippen molar-refractivity contribution in [2.75, 3.05) is 44.3 Å². The van der Waals surface area contributed by atoms with Crippen LogP contribution < -0.4 is 14.8 Å². The second-order valence-electron chi connectivity index (χ2n) is 9.07. The van der Waals surface area contributed by atoms with Gasteiger partial charge in [-0.3, -0.25) is 9.52 Å². The van der Waals surface area contributed by atoms with E-state index in [2.05, 4.69) is 10.0 Å². The van der Waals surface area contributed by atoms with Gasteiger partial charge in [-0.05, 0) is 39.8 Å². The zero-order valence-corrected chi connectivity index (χ0v) is 21.9. The number of nitrogens with zero attached hydrogens (tertiary/aromatic N) is 2. The molecule has 1 aliphatic rings. The van der Waals surface area contributed by atoms with Crippen LogP contribution in [0.2, 0.25) is 0 Å². The molecule has 0 fully saturated rings. The third-order valence-corrected chi connectivity index (χ3v) is 7.08. The van der Waals surface area contributed by atoms with Crippen LogP contribution in [0.5, 0.6) is 5.75 Å². The maximum absolute atomic E-state index is 13.2. The van der Waals surface area contributed by atoms with E-state index < -0.39 is 10.0 Å². The van der Waals surface area contributed by atoms with Crippen LogP contribution in [0.1, 0.15) is 45.0 Å². The van der Waals surface area contributed by atoms with Crippen LogP contribution in [0.15, 0.2) is 18.2 Å². The maximum atomic E-state index is 13.2. The number of methoxy groups -OCH3 is 1. The first-order valence-corrected chi connectivity index (χ1v) is 13.2. The van der Waals surface area contributed by atoms with Crippen molar-refractivity contribution in [1.82, 2.24) is 15.1 Å². The number of amides is 3. The van der Waals surface area contributed by atoms with E-state index in [4.69, 9.17) is 9.47 Å². The van der Waals surface area contributed by atoms with Gasteiger partial charge in [-0.25, -0.2) is 13.2 Å². The van der Waals surface area contributed by atoms with Gasteiger partial charge < -0.3 is 24.6 Å². The zero-order chi connectivity index (χ0) is 25.6. The highest BCUT2D eigenvalue weighted by Gasteiger charge is 2.30. The van der Waals surface area contributed by atoms with E-state index in [-0.39, 0.29) is 54.2 Å². The van der Waals surface area contributed by atoms with Crippen molar-refractivity contribution in [2.24, 2.45) is 5.92 Å². The number of sulfonamides is 1. The maximum Gasteiger partial charge on any atom is 0.317 e. The standard InChI is InChI=1S/C23H38N4O6S/c1-8-34(30,31)25-18-9-10-19-20(11-18)33-14-17(5)27(23(29)24-15(2)3)12-16(4)21(32-7)13-26(6)22(19)28/h9-11,15-17,21,25H,8,12-14H2,1-7H3,(H,24,29)/t16-,17-,21-/m1/s1. The number of likely N-dealkylation sites (N-methyl/N-ethyl adjacent to an activating group) is 1. The van der Waals surface area contributed by atoms with Gasteiger partial charge in [-0.1, -0.05) is 6.92 Å². The predicted octanol–water partition coefficient (Wildman–Crippen LogP) is 2.37. The quantitative estimate of drug-likeness (QED) is 0.644. The first kappa shape index (κ1) is 27.7. The van der Waals surface area contributed by atoms with Crippen LogP contribution in [0, 0.1) is 5.92 Å². The Bertz CT molecular complexity index is 968. The summed E-state index contributed by atoms with van der Waals surface area (Å²) in [5.41, 5.74) is 0.601. The highest BCUT2D eigenvalue weighted by atomic mass is 32.2. The Morgan fingerprint density at radius 3 is 2.53 bits per heavy atom. The van der Waals surface area contributed by atoms with Crippen molar-refractivity contribution in [3.63, 3.8) is 0 Å². The fraction of sp³-hybridized carbons (Fsp3) is 0.652. The molecule has 0 saturated carbocycles. The van der Waals surface area contributed by atoms with Crippen LogP contribution in [0.25, 0.3) is 0 Å². The lowest BCUT2D eigenvalue weighted by atomic mass is 10.0. The Morgan fingerprint density at radius 1 is 1.26 bits per heavy atom. The summed E-state index contributed by atoms with van der Waals surface area (Å²) in [6, 6.07) is 4.02. The van der Waals surface area contributed by atoms with E-state index >= 15 is 0 Å². The van der Waals surface area contributed by atoms with E-state index in [9.17, 15) is 18.0 Å². The number of carbonyl (C=O) groups excluding carboxylic acids is 2. The molecule has 1 heterocycles. The molecular formula is C23H38N4O6S. The van der Waals surface area contributed by atoms with Gasteiger partial charge in [-0.2, -0.15) is 0 Å². The molecule has 192 valence electrons. The summed E-state index contributed by atoms with van der Waals surface area (Å²) in [5, 5.41) is 2.93. The third-order valence-electron chi connectivity index (χ3n) is 5.77. The Kier molecular flexibility index (Phi) is 9.57.